The van der Waals surface area contributed by atoms with Crippen LogP contribution < -0.4 is 15.5 Å². The molecule has 3 aliphatic heterocycles. The lowest BCUT2D eigenvalue weighted by Crippen LogP contribution is -2.59. The number of nitrogens with one attached hydrogen (secondary N) is 2. The molecular weight excluding hydrogens is 489 g/mol. The van der Waals surface area contributed by atoms with E-state index in [9.17, 15) is 9.18 Å². The van der Waals surface area contributed by atoms with Crippen molar-refractivity contribution in [3.8, 4) is 0 Å². The standard InChI is InChI=1S/C32H42FN5O/c1-22-20-32(16-17-37(22)21-23-12-13-28-24(18-23)14-15-31(2,3)36-28)29(34-26-9-5-4-6-10-26)35-30(39)38(32)27-11-7-8-25(33)19-27/h7-8,11-13,18-19,22,26,36H,4-6,9-10,14-17,20-21H2,1-3H3,(H,34,35,39)/t22-,32+/m0/s1. The predicted octanol–water partition coefficient (Wildman–Crippen LogP) is 6.65. The summed E-state index contributed by atoms with van der Waals surface area (Å²) in [6.45, 7) is 8.50. The van der Waals surface area contributed by atoms with Gasteiger partial charge in [-0.15, -0.1) is 0 Å². The summed E-state index contributed by atoms with van der Waals surface area (Å²) in [6, 6.07) is 13.6. The zero-order valence-corrected chi connectivity index (χ0v) is 23.6. The van der Waals surface area contributed by atoms with Crippen molar-refractivity contribution >= 4 is 23.2 Å². The van der Waals surface area contributed by atoms with Crippen LogP contribution in [0, 0.1) is 5.82 Å². The largest absolute Gasteiger partial charge is 0.380 e. The molecule has 4 aliphatic rings. The zero-order chi connectivity index (χ0) is 27.2. The van der Waals surface area contributed by atoms with Gasteiger partial charge in [-0.3, -0.25) is 20.1 Å². The lowest BCUT2D eigenvalue weighted by Gasteiger charge is -2.47. The Labute approximate surface area is 232 Å². The van der Waals surface area contributed by atoms with E-state index in [0.29, 0.717) is 5.69 Å². The van der Waals surface area contributed by atoms with Crippen LogP contribution >= 0.6 is 0 Å². The summed E-state index contributed by atoms with van der Waals surface area (Å²) in [4.78, 5) is 23.0. The molecule has 3 fully saturated rings. The van der Waals surface area contributed by atoms with Crippen molar-refractivity contribution in [1.29, 1.82) is 0 Å². The summed E-state index contributed by atoms with van der Waals surface area (Å²) in [7, 11) is 0. The number of benzene rings is 2. The highest BCUT2D eigenvalue weighted by Gasteiger charge is 2.54. The number of urea groups is 1. The quantitative estimate of drug-likeness (QED) is 0.465. The Morgan fingerprint density at radius 1 is 1.08 bits per heavy atom. The molecule has 2 aromatic rings. The second-order valence-corrected chi connectivity index (χ2v) is 12.8. The van der Waals surface area contributed by atoms with Crippen molar-refractivity contribution in [1.82, 2.24) is 10.2 Å². The van der Waals surface area contributed by atoms with Crippen molar-refractivity contribution in [3.63, 3.8) is 0 Å². The molecule has 2 N–H and O–H groups in total. The van der Waals surface area contributed by atoms with E-state index in [1.165, 1.54) is 48.2 Å². The van der Waals surface area contributed by atoms with Crippen molar-refractivity contribution in [2.75, 3.05) is 16.8 Å². The molecule has 1 aliphatic carbocycles. The first-order valence-corrected chi connectivity index (χ1v) is 14.8. The number of anilines is 2. The third-order valence-electron chi connectivity index (χ3n) is 9.37. The zero-order valence-electron chi connectivity index (χ0n) is 23.6. The van der Waals surface area contributed by atoms with Gasteiger partial charge in [-0.25, -0.2) is 9.18 Å². The molecule has 39 heavy (non-hydrogen) atoms. The molecular formula is C32H42FN5O. The van der Waals surface area contributed by atoms with Gasteiger partial charge in [0.15, 0.2) is 0 Å². The van der Waals surface area contributed by atoms with Gasteiger partial charge < -0.3 is 5.32 Å². The molecule has 0 aromatic heterocycles. The van der Waals surface area contributed by atoms with Crippen LogP contribution in [0.2, 0.25) is 0 Å². The van der Waals surface area contributed by atoms with Crippen molar-refractivity contribution in [3.05, 3.63) is 59.4 Å². The number of amidine groups is 1. The number of hydrogen-bond acceptors (Lipinski definition) is 4. The Kier molecular flexibility index (Phi) is 6.90. The van der Waals surface area contributed by atoms with Gasteiger partial charge in [0.05, 0.1) is 6.04 Å². The number of rotatable bonds is 4. The molecule has 3 heterocycles. The minimum atomic E-state index is -0.580. The lowest BCUT2D eigenvalue weighted by atomic mass is 9.81. The second kappa shape index (κ2) is 10.2. The van der Waals surface area contributed by atoms with Crippen molar-refractivity contribution < 1.29 is 9.18 Å². The highest BCUT2D eigenvalue weighted by atomic mass is 19.1. The minimum absolute atomic E-state index is 0.140. The molecule has 6 nitrogen and oxygen atoms in total. The molecule has 0 unspecified atom stereocenters. The number of halogens is 1. The number of hydrogen-bond donors (Lipinski definition) is 2. The van der Waals surface area contributed by atoms with Crippen LogP contribution in [0.15, 0.2) is 47.5 Å². The Morgan fingerprint density at radius 2 is 1.90 bits per heavy atom. The Bertz CT molecular complexity index is 1270. The summed E-state index contributed by atoms with van der Waals surface area (Å²) in [5, 5.41) is 6.82. The van der Waals surface area contributed by atoms with E-state index in [2.05, 4.69) is 54.5 Å². The fourth-order valence-electron chi connectivity index (χ4n) is 7.20. The SMILES string of the molecule is C[C@H]1C[C@]2(CCN1Cc1ccc3c(c1)CCC(C)(C)N3)C(=NC1CCCCC1)NC(=O)N2c1cccc(F)c1. The fraction of sp³-hybridized carbons (Fsp3) is 0.562. The van der Waals surface area contributed by atoms with Gasteiger partial charge in [0, 0.05) is 36.0 Å². The van der Waals surface area contributed by atoms with Crippen molar-refractivity contribution in [2.24, 2.45) is 4.99 Å². The lowest BCUT2D eigenvalue weighted by molar-refractivity contribution is 0.123. The fourth-order valence-corrected chi connectivity index (χ4v) is 7.20. The first-order chi connectivity index (χ1) is 18.7. The number of carbonyl (C=O) groups excluding carboxylic acids is 1. The van der Waals surface area contributed by atoms with Crippen LogP contribution in [-0.4, -0.2) is 46.5 Å². The number of carbonyl (C=O) groups is 1. The summed E-state index contributed by atoms with van der Waals surface area (Å²) < 4.78 is 14.3. The Hall–Kier alpha value is -2.93. The van der Waals surface area contributed by atoms with Crippen LogP contribution in [0.3, 0.4) is 0 Å². The first kappa shape index (κ1) is 26.3. The minimum Gasteiger partial charge on any atom is -0.380 e. The smallest absolute Gasteiger partial charge is 0.328 e. The summed E-state index contributed by atoms with van der Waals surface area (Å²) in [5.41, 5.74) is 4.15. The molecule has 2 saturated heterocycles. The number of nitrogens with zero attached hydrogens (tertiary/aromatic N) is 3. The maximum atomic E-state index is 14.3. The molecule has 7 heteroatoms. The van der Waals surface area contributed by atoms with Crippen LogP contribution in [0.5, 0.6) is 0 Å². The molecule has 0 bridgehead atoms. The van der Waals surface area contributed by atoms with Gasteiger partial charge in [-0.05, 0) is 94.7 Å². The van der Waals surface area contributed by atoms with Gasteiger partial charge in [0.2, 0.25) is 0 Å². The number of fused-ring (bicyclic) bond motifs is 1. The summed E-state index contributed by atoms with van der Waals surface area (Å²) in [5.74, 6) is 0.460. The number of aryl methyl sites for hydroxylation is 1. The van der Waals surface area contributed by atoms with Crippen LogP contribution in [-0.2, 0) is 13.0 Å². The van der Waals surface area contributed by atoms with Crippen LogP contribution in [0.25, 0.3) is 0 Å². The highest BCUT2D eigenvalue weighted by Crippen LogP contribution is 2.41. The Balaban J connectivity index is 1.26. The van der Waals surface area contributed by atoms with Gasteiger partial charge in [-0.1, -0.05) is 37.5 Å². The molecule has 6 rings (SSSR count). The average molecular weight is 532 g/mol. The molecule has 1 spiro atoms. The topological polar surface area (TPSA) is 60.0 Å². The summed E-state index contributed by atoms with van der Waals surface area (Å²) in [6.07, 6.45) is 9.53. The number of aliphatic imine (C=N–C) groups is 1. The van der Waals surface area contributed by atoms with E-state index in [1.54, 1.807) is 11.0 Å². The van der Waals surface area contributed by atoms with Gasteiger partial charge >= 0.3 is 6.03 Å². The second-order valence-electron chi connectivity index (χ2n) is 12.8. The van der Waals surface area contributed by atoms with Crippen LogP contribution in [0.4, 0.5) is 20.6 Å². The third-order valence-corrected chi connectivity index (χ3v) is 9.37. The number of likely N-dealkylation sites (tertiary alicyclic amines) is 1. The predicted molar refractivity (Wildman–Crippen MR) is 156 cm³/mol. The molecule has 2 amide bonds. The molecule has 0 radical (unpaired) electrons. The monoisotopic (exact) mass is 531 g/mol. The van der Waals surface area contributed by atoms with E-state index in [0.717, 1.165) is 57.5 Å². The number of amides is 2. The number of piperidine rings is 1. The first-order valence-electron chi connectivity index (χ1n) is 14.8. The van der Waals surface area contributed by atoms with E-state index in [1.807, 2.05) is 6.07 Å². The molecule has 2 aromatic carbocycles. The van der Waals surface area contributed by atoms with Gasteiger partial charge in [0.25, 0.3) is 0 Å². The van der Waals surface area contributed by atoms with Crippen molar-refractivity contribution in [2.45, 2.75) is 108 Å². The van der Waals surface area contributed by atoms with Crippen LogP contribution in [0.1, 0.15) is 83.3 Å². The van der Waals surface area contributed by atoms with E-state index in [4.69, 9.17) is 4.99 Å². The van der Waals surface area contributed by atoms with E-state index >= 15 is 0 Å². The molecule has 1 saturated carbocycles. The summed E-state index contributed by atoms with van der Waals surface area (Å²) >= 11 is 0. The van der Waals surface area contributed by atoms with Gasteiger partial charge in [-0.2, -0.15) is 0 Å². The van der Waals surface area contributed by atoms with E-state index < -0.39 is 5.54 Å². The third kappa shape index (κ3) is 5.18. The van der Waals surface area contributed by atoms with Gasteiger partial charge in [0.1, 0.15) is 17.2 Å². The molecule has 2 atom stereocenters. The Morgan fingerprint density at radius 3 is 2.67 bits per heavy atom. The normalized spacial score (nSPS) is 28.4. The molecule has 208 valence electrons. The maximum Gasteiger partial charge on any atom is 0.328 e. The average Bonchev–Trinajstić information content (AvgIpc) is 3.15. The maximum absolute atomic E-state index is 14.3. The highest BCUT2D eigenvalue weighted by molar-refractivity contribution is 6.19. The van der Waals surface area contributed by atoms with E-state index in [-0.39, 0.29) is 29.5 Å².